The van der Waals surface area contributed by atoms with E-state index < -0.39 is 6.10 Å². The summed E-state index contributed by atoms with van der Waals surface area (Å²) in [7, 11) is 3.96. The summed E-state index contributed by atoms with van der Waals surface area (Å²) in [5, 5.41) is 14.5. The van der Waals surface area contributed by atoms with Crippen LogP contribution in [-0.2, 0) is 13.0 Å². The molecule has 2 aromatic rings. The highest BCUT2D eigenvalue weighted by atomic mass is 16.5. The smallest absolute Gasteiger partial charge is 0.319 e. The maximum absolute atomic E-state index is 13.5. The molecular weight excluding hydrogens is 456 g/mol. The largest absolute Gasteiger partial charge is 0.462 e. The van der Waals surface area contributed by atoms with E-state index in [1.807, 2.05) is 19.0 Å². The number of hydrogen-bond acceptors (Lipinski definition) is 8. The number of likely N-dealkylation sites (N-methyl/N-ethyl adjacent to an activating group) is 1. The number of aromatic nitrogens is 2. The first kappa shape index (κ1) is 24.9. The Balaban J connectivity index is 1.25. The van der Waals surface area contributed by atoms with Crippen molar-refractivity contribution in [1.29, 1.82) is 0 Å². The first-order valence-electron chi connectivity index (χ1n) is 13.2. The molecule has 3 aliphatic rings. The average Bonchev–Trinajstić information content (AvgIpc) is 2.85. The highest BCUT2D eigenvalue weighted by Gasteiger charge is 2.36. The fraction of sp³-hybridized carbons (Fsp3) is 0.593. The van der Waals surface area contributed by atoms with Gasteiger partial charge in [-0.2, -0.15) is 9.97 Å². The van der Waals surface area contributed by atoms with E-state index in [2.05, 4.69) is 44.5 Å². The van der Waals surface area contributed by atoms with Gasteiger partial charge in [-0.05, 0) is 57.3 Å². The number of aliphatic hydroxyl groups excluding tert-OH is 1. The molecule has 2 atom stereocenters. The predicted molar refractivity (Wildman–Crippen MR) is 138 cm³/mol. The third-order valence-corrected chi connectivity index (χ3v) is 7.61. The number of β-amino-alcohol motifs (C(OH)–C–C–N with tert-alkyl or cyclic N) is 1. The monoisotopic (exact) mass is 494 g/mol. The Labute approximate surface area is 213 Å². The molecule has 2 fully saturated rings. The number of amides is 1. The lowest BCUT2D eigenvalue weighted by Crippen LogP contribution is -2.56. The Kier molecular flexibility index (Phi) is 7.69. The molecule has 9 nitrogen and oxygen atoms in total. The van der Waals surface area contributed by atoms with Gasteiger partial charge in [0.15, 0.2) is 0 Å². The van der Waals surface area contributed by atoms with Crippen LogP contribution in [0.5, 0.6) is 6.01 Å². The van der Waals surface area contributed by atoms with E-state index in [1.165, 1.54) is 17.5 Å². The van der Waals surface area contributed by atoms with Gasteiger partial charge in [0.2, 0.25) is 0 Å². The third kappa shape index (κ3) is 5.79. The van der Waals surface area contributed by atoms with Gasteiger partial charge in [0, 0.05) is 50.9 Å². The number of hydrogen-bond donors (Lipinski definition) is 2. The number of rotatable bonds is 8. The summed E-state index contributed by atoms with van der Waals surface area (Å²) in [6, 6.07) is 10.9. The minimum atomic E-state index is -0.599. The second-order valence-electron chi connectivity index (χ2n) is 10.5. The van der Waals surface area contributed by atoms with Crippen molar-refractivity contribution in [2.45, 2.75) is 56.8 Å². The van der Waals surface area contributed by atoms with Crippen LogP contribution in [0.1, 0.15) is 47.3 Å². The minimum absolute atomic E-state index is 0.0496. The maximum Gasteiger partial charge on any atom is 0.319 e. The van der Waals surface area contributed by atoms with Gasteiger partial charge in [0.1, 0.15) is 18.1 Å². The van der Waals surface area contributed by atoms with Crippen LogP contribution in [0.3, 0.4) is 0 Å². The molecule has 1 aromatic carbocycles. The highest BCUT2D eigenvalue weighted by molar-refractivity contribution is 5.93. The molecule has 0 unspecified atom stereocenters. The molecule has 0 radical (unpaired) electrons. The molecule has 3 heterocycles. The van der Waals surface area contributed by atoms with Gasteiger partial charge in [-0.1, -0.05) is 24.3 Å². The Morgan fingerprint density at radius 3 is 2.69 bits per heavy atom. The second-order valence-corrected chi connectivity index (χ2v) is 10.5. The average molecular weight is 495 g/mol. The van der Waals surface area contributed by atoms with Crippen LogP contribution in [0, 0.1) is 0 Å². The molecule has 1 saturated carbocycles. The Bertz CT molecular complexity index is 1060. The summed E-state index contributed by atoms with van der Waals surface area (Å²) in [4.78, 5) is 28.5. The molecule has 1 saturated heterocycles. The van der Waals surface area contributed by atoms with Gasteiger partial charge >= 0.3 is 6.01 Å². The van der Waals surface area contributed by atoms with E-state index >= 15 is 0 Å². The van der Waals surface area contributed by atoms with E-state index in [1.54, 1.807) is 11.0 Å². The molecule has 1 aliphatic carbocycles. The van der Waals surface area contributed by atoms with Gasteiger partial charge in [-0.15, -0.1) is 0 Å². The summed E-state index contributed by atoms with van der Waals surface area (Å²) in [5.41, 5.74) is 3.04. The van der Waals surface area contributed by atoms with E-state index in [9.17, 15) is 9.90 Å². The number of ether oxygens (including phenoxy) is 1. The first-order valence-corrected chi connectivity index (χ1v) is 13.2. The van der Waals surface area contributed by atoms with Crippen LogP contribution in [0.4, 0.5) is 5.82 Å². The Hall–Kier alpha value is -2.75. The summed E-state index contributed by atoms with van der Waals surface area (Å²) in [6.45, 7) is 3.84. The minimum Gasteiger partial charge on any atom is -0.462 e. The number of fused-ring (bicyclic) bond motifs is 1. The van der Waals surface area contributed by atoms with E-state index in [-0.39, 0.29) is 18.0 Å². The molecule has 0 spiro atoms. The summed E-state index contributed by atoms with van der Waals surface area (Å²) >= 11 is 0. The van der Waals surface area contributed by atoms with Gasteiger partial charge in [-0.3, -0.25) is 9.69 Å². The molecule has 36 heavy (non-hydrogen) atoms. The van der Waals surface area contributed by atoms with Crippen LogP contribution >= 0.6 is 0 Å². The number of benzene rings is 1. The first-order chi connectivity index (χ1) is 17.5. The number of nitrogens with zero attached hydrogens (tertiary/aromatic N) is 5. The zero-order valence-electron chi connectivity index (χ0n) is 21.4. The zero-order chi connectivity index (χ0) is 25.1. The van der Waals surface area contributed by atoms with Crippen molar-refractivity contribution in [3.63, 3.8) is 0 Å². The zero-order valence-corrected chi connectivity index (χ0v) is 21.4. The van der Waals surface area contributed by atoms with Crippen molar-refractivity contribution in [3.8, 4) is 6.01 Å². The number of anilines is 1. The van der Waals surface area contributed by atoms with Crippen molar-refractivity contribution in [2.75, 3.05) is 52.2 Å². The van der Waals surface area contributed by atoms with Crippen LogP contribution in [-0.4, -0.2) is 101 Å². The highest BCUT2D eigenvalue weighted by Crippen LogP contribution is 2.27. The van der Waals surface area contributed by atoms with Crippen LogP contribution in [0.15, 0.2) is 30.3 Å². The fourth-order valence-electron chi connectivity index (χ4n) is 5.25. The van der Waals surface area contributed by atoms with Crippen LogP contribution < -0.4 is 10.1 Å². The molecule has 1 amide bonds. The lowest BCUT2D eigenvalue weighted by Gasteiger charge is -2.43. The molecule has 0 bridgehead atoms. The molecule has 2 N–H and O–H groups in total. The third-order valence-electron chi connectivity index (χ3n) is 7.61. The van der Waals surface area contributed by atoms with Crippen LogP contribution in [0.2, 0.25) is 0 Å². The maximum atomic E-state index is 13.5. The van der Waals surface area contributed by atoms with E-state index in [0.29, 0.717) is 37.3 Å². The molecule has 2 aliphatic heterocycles. The van der Waals surface area contributed by atoms with Crippen molar-refractivity contribution in [2.24, 2.45) is 0 Å². The standard InChI is InChI=1S/C27H38N6O3/c1-31(2)14-15-36-27-29-22(16-25(30-27)28-21-8-5-9-21)26(35)33-13-11-23(24(34)18-33)32-12-10-19-6-3-4-7-20(19)17-32/h3-4,6-7,16,21,23-24,34H,5,8-15,17-18H2,1-2H3,(H,28,29,30)/t23-,24-/m1/s1. The van der Waals surface area contributed by atoms with Crippen molar-refractivity contribution in [3.05, 3.63) is 47.2 Å². The normalized spacial score (nSPS) is 22.7. The molecule has 5 rings (SSSR count). The quantitative estimate of drug-likeness (QED) is 0.576. The van der Waals surface area contributed by atoms with Gasteiger partial charge in [-0.25, -0.2) is 0 Å². The predicted octanol–water partition coefficient (Wildman–Crippen LogP) is 2.02. The topological polar surface area (TPSA) is 94.1 Å². The van der Waals surface area contributed by atoms with Crippen molar-refractivity contribution in [1.82, 2.24) is 24.7 Å². The lowest BCUT2D eigenvalue weighted by molar-refractivity contribution is -0.0139. The summed E-state index contributed by atoms with van der Waals surface area (Å²) in [5.74, 6) is 0.438. The molecule has 9 heteroatoms. The van der Waals surface area contributed by atoms with Gasteiger partial charge in [0.25, 0.3) is 5.91 Å². The van der Waals surface area contributed by atoms with E-state index in [0.717, 1.165) is 45.3 Å². The Morgan fingerprint density at radius 1 is 1.17 bits per heavy atom. The van der Waals surface area contributed by atoms with E-state index in [4.69, 9.17) is 4.74 Å². The molecular formula is C27H38N6O3. The number of carbonyl (C=O) groups is 1. The Morgan fingerprint density at radius 2 is 1.97 bits per heavy atom. The SMILES string of the molecule is CN(C)CCOc1nc(NC2CCC2)cc(C(=O)N2CC[C@@H](N3CCc4ccccc4C3)[C@H](O)C2)n1. The number of likely N-dealkylation sites (tertiary alicyclic amines) is 1. The number of aliphatic hydroxyl groups is 1. The summed E-state index contributed by atoms with van der Waals surface area (Å²) < 4.78 is 5.78. The van der Waals surface area contributed by atoms with Gasteiger partial charge in [0.05, 0.1) is 6.10 Å². The second kappa shape index (κ2) is 11.1. The van der Waals surface area contributed by atoms with Gasteiger partial charge < -0.3 is 25.0 Å². The number of carbonyl (C=O) groups excluding carboxylic acids is 1. The molecule has 1 aromatic heterocycles. The van der Waals surface area contributed by atoms with Crippen LogP contribution in [0.25, 0.3) is 0 Å². The summed E-state index contributed by atoms with van der Waals surface area (Å²) in [6.07, 6.45) is 4.54. The van der Waals surface area contributed by atoms with Crippen molar-refractivity contribution >= 4 is 11.7 Å². The van der Waals surface area contributed by atoms with Crippen molar-refractivity contribution < 1.29 is 14.6 Å². The molecule has 194 valence electrons. The number of nitrogens with one attached hydrogen (secondary N) is 1. The lowest BCUT2D eigenvalue weighted by atomic mass is 9.93. The fourth-order valence-corrected chi connectivity index (χ4v) is 5.25. The number of piperidine rings is 1.